The van der Waals surface area contributed by atoms with Crippen LogP contribution >= 0.6 is 0 Å². The number of morpholine rings is 1. The zero-order valence-corrected chi connectivity index (χ0v) is 13.7. The van der Waals surface area contributed by atoms with E-state index in [4.69, 9.17) is 9.26 Å². The molecule has 2 rings (SSSR count). The Balaban J connectivity index is 1.55. The summed E-state index contributed by atoms with van der Waals surface area (Å²) in [6.45, 7) is 9.35. The second kappa shape index (κ2) is 8.24. The van der Waals surface area contributed by atoms with Crippen molar-refractivity contribution in [3.8, 4) is 0 Å². The van der Waals surface area contributed by atoms with Gasteiger partial charge in [-0.2, -0.15) is 4.98 Å². The maximum atomic E-state index is 11.8. The molecule has 1 N–H and O–H groups in total. The maximum absolute atomic E-state index is 11.8. The Kier molecular flexibility index (Phi) is 6.33. The first-order chi connectivity index (χ1) is 10.5. The Bertz CT molecular complexity index is 467. The van der Waals surface area contributed by atoms with E-state index in [0.29, 0.717) is 31.1 Å². The van der Waals surface area contributed by atoms with Crippen LogP contribution in [-0.4, -0.2) is 59.3 Å². The molecule has 1 saturated heterocycles. The van der Waals surface area contributed by atoms with Gasteiger partial charge in [0.2, 0.25) is 11.8 Å². The Morgan fingerprint density at radius 1 is 1.36 bits per heavy atom. The van der Waals surface area contributed by atoms with Crippen molar-refractivity contribution in [3.63, 3.8) is 0 Å². The van der Waals surface area contributed by atoms with Crippen LogP contribution in [0.3, 0.4) is 0 Å². The van der Waals surface area contributed by atoms with Gasteiger partial charge in [0, 0.05) is 39.0 Å². The summed E-state index contributed by atoms with van der Waals surface area (Å²) in [5.74, 6) is 1.31. The number of hydrogen-bond donors (Lipinski definition) is 1. The first kappa shape index (κ1) is 16.9. The normalized spacial score (nSPS) is 22.7. The third-order valence-electron chi connectivity index (χ3n) is 3.61. The number of carbonyl (C=O) groups is 1. The van der Waals surface area contributed by atoms with Gasteiger partial charge in [0.05, 0.1) is 12.2 Å². The largest absolute Gasteiger partial charge is 0.373 e. The molecule has 1 aliphatic rings. The minimum absolute atomic E-state index is 0.0746. The number of nitrogens with one attached hydrogen (secondary N) is 1. The molecule has 1 aromatic heterocycles. The zero-order chi connectivity index (χ0) is 15.9. The molecule has 0 bridgehead atoms. The molecule has 0 saturated carbocycles. The number of hydrogen-bond acceptors (Lipinski definition) is 6. The molecule has 1 amide bonds. The fourth-order valence-corrected chi connectivity index (χ4v) is 2.75. The predicted octanol–water partition coefficient (Wildman–Crippen LogP) is 0.926. The van der Waals surface area contributed by atoms with E-state index in [-0.39, 0.29) is 18.1 Å². The lowest BCUT2D eigenvalue weighted by Gasteiger charge is -2.35. The third kappa shape index (κ3) is 5.73. The van der Waals surface area contributed by atoms with Crippen LogP contribution in [0.5, 0.6) is 0 Å². The van der Waals surface area contributed by atoms with Crippen molar-refractivity contribution < 1.29 is 14.1 Å². The van der Waals surface area contributed by atoms with E-state index >= 15 is 0 Å². The quantitative estimate of drug-likeness (QED) is 0.807. The van der Waals surface area contributed by atoms with Crippen LogP contribution in [0.25, 0.3) is 0 Å². The van der Waals surface area contributed by atoms with Crippen LogP contribution < -0.4 is 5.32 Å². The lowest BCUT2D eigenvalue weighted by Crippen LogP contribution is -2.47. The van der Waals surface area contributed by atoms with Gasteiger partial charge in [-0.1, -0.05) is 5.16 Å². The second-order valence-electron chi connectivity index (χ2n) is 5.96. The average molecular weight is 310 g/mol. The number of ether oxygens (including phenoxy) is 1. The van der Waals surface area contributed by atoms with E-state index in [1.807, 2.05) is 0 Å². The molecule has 1 fully saturated rings. The fourth-order valence-electron chi connectivity index (χ4n) is 2.75. The van der Waals surface area contributed by atoms with E-state index in [0.717, 1.165) is 26.1 Å². The van der Waals surface area contributed by atoms with E-state index in [1.54, 1.807) is 6.92 Å². The summed E-state index contributed by atoms with van der Waals surface area (Å²) in [6, 6.07) is 0. The number of nitrogens with zero attached hydrogens (tertiary/aromatic N) is 3. The maximum Gasteiger partial charge on any atom is 0.226 e. The van der Waals surface area contributed by atoms with Crippen molar-refractivity contribution in [2.24, 2.45) is 0 Å². The van der Waals surface area contributed by atoms with Crippen molar-refractivity contribution in [1.29, 1.82) is 0 Å². The third-order valence-corrected chi connectivity index (χ3v) is 3.61. The standard InChI is InChI=1S/C15H26N4O3/c1-11-9-19(10-12(2)21-11)8-7-16-14(20)5-4-6-15-17-13(3)18-22-15/h11-12H,4-10H2,1-3H3,(H,16,20). The predicted molar refractivity (Wildman–Crippen MR) is 81.4 cm³/mol. The molecule has 7 nitrogen and oxygen atoms in total. The molecule has 1 aromatic rings. The van der Waals surface area contributed by atoms with E-state index in [9.17, 15) is 4.79 Å². The smallest absolute Gasteiger partial charge is 0.226 e. The van der Waals surface area contributed by atoms with Crippen LogP contribution in [0.1, 0.15) is 38.4 Å². The summed E-state index contributed by atoms with van der Waals surface area (Å²) >= 11 is 0. The Labute approximate surface area is 131 Å². The molecule has 22 heavy (non-hydrogen) atoms. The number of aryl methyl sites for hydroxylation is 2. The molecule has 0 aromatic carbocycles. The van der Waals surface area contributed by atoms with Gasteiger partial charge in [0.15, 0.2) is 5.82 Å². The summed E-state index contributed by atoms with van der Waals surface area (Å²) in [5, 5.41) is 6.69. The molecule has 7 heteroatoms. The highest BCUT2D eigenvalue weighted by Crippen LogP contribution is 2.09. The summed E-state index contributed by atoms with van der Waals surface area (Å²) in [6.07, 6.45) is 2.37. The van der Waals surface area contributed by atoms with Crippen LogP contribution in [0.4, 0.5) is 0 Å². The Hall–Kier alpha value is -1.47. The minimum Gasteiger partial charge on any atom is -0.373 e. The van der Waals surface area contributed by atoms with Gasteiger partial charge in [0.1, 0.15) is 0 Å². The van der Waals surface area contributed by atoms with E-state index < -0.39 is 0 Å². The van der Waals surface area contributed by atoms with Gasteiger partial charge < -0.3 is 14.6 Å². The highest BCUT2D eigenvalue weighted by molar-refractivity contribution is 5.75. The lowest BCUT2D eigenvalue weighted by molar-refractivity contribution is -0.121. The van der Waals surface area contributed by atoms with Crippen LogP contribution in [0, 0.1) is 6.92 Å². The van der Waals surface area contributed by atoms with Crippen molar-refractivity contribution >= 4 is 5.91 Å². The van der Waals surface area contributed by atoms with Crippen LogP contribution in [0.15, 0.2) is 4.52 Å². The molecule has 124 valence electrons. The van der Waals surface area contributed by atoms with Gasteiger partial charge in [-0.25, -0.2) is 0 Å². The first-order valence-corrected chi connectivity index (χ1v) is 7.96. The van der Waals surface area contributed by atoms with Crippen LogP contribution in [0.2, 0.25) is 0 Å². The molecular weight excluding hydrogens is 284 g/mol. The SMILES string of the molecule is Cc1noc(CCCC(=O)NCCN2CC(C)OC(C)C2)n1. The topological polar surface area (TPSA) is 80.5 Å². The number of amides is 1. The van der Waals surface area contributed by atoms with E-state index in [1.165, 1.54) is 0 Å². The van der Waals surface area contributed by atoms with Crippen molar-refractivity contribution in [2.45, 2.75) is 52.2 Å². The van der Waals surface area contributed by atoms with Gasteiger partial charge >= 0.3 is 0 Å². The summed E-state index contributed by atoms with van der Waals surface area (Å²) in [7, 11) is 0. The zero-order valence-electron chi connectivity index (χ0n) is 13.7. The van der Waals surface area contributed by atoms with Crippen molar-refractivity contribution in [3.05, 3.63) is 11.7 Å². The number of rotatable bonds is 7. The lowest BCUT2D eigenvalue weighted by atomic mass is 10.2. The minimum atomic E-state index is 0.0746. The molecule has 2 unspecified atom stereocenters. The molecule has 0 spiro atoms. The average Bonchev–Trinajstić information content (AvgIpc) is 2.83. The highest BCUT2D eigenvalue weighted by Gasteiger charge is 2.21. The highest BCUT2D eigenvalue weighted by atomic mass is 16.5. The molecule has 1 aliphatic heterocycles. The van der Waals surface area contributed by atoms with E-state index in [2.05, 4.69) is 34.2 Å². The van der Waals surface area contributed by atoms with Crippen LogP contribution in [-0.2, 0) is 16.0 Å². The Morgan fingerprint density at radius 3 is 2.73 bits per heavy atom. The van der Waals surface area contributed by atoms with Crippen molar-refractivity contribution in [2.75, 3.05) is 26.2 Å². The number of aromatic nitrogens is 2. The second-order valence-corrected chi connectivity index (χ2v) is 5.96. The monoisotopic (exact) mass is 310 g/mol. The van der Waals surface area contributed by atoms with Crippen molar-refractivity contribution in [1.82, 2.24) is 20.4 Å². The molecule has 0 radical (unpaired) electrons. The van der Waals surface area contributed by atoms with Gasteiger partial charge in [-0.05, 0) is 27.2 Å². The molecule has 2 heterocycles. The summed E-state index contributed by atoms with van der Waals surface area (Å²) in [4.78, 5) is 18.2. The Morgan fingerprint density at radius 2 is 2.09 bits per heavy atom. The molecule has 2 atom stereocenters. The summed E-state index contributed by atoms with van der Waals surface area (Å²) < 4.78 is 10.7. The summed E-state index contributed by atoms with van der Waals surface area (Å²) in [5.41, 5.74) is 0. The fraction of sp³-hybridized carbons (Fsp3) is 0.800. The van der Waals surface area contributed by atoms with Gasteiger partial charge in [-0.15, -0.1) is 0 Å². The van der Waals surface area contributed by atoms with Gasteiger partial charge in [-0.3, -0.25) is 9.69 Å². The first-order valence-electron chi connectivity index (χ1n) is 7.96. The molecular formula is C15H26N4O3. The van der Waals surface area contributed by atoms with Gasteiger partial charge in [0.25, 0.3) is 0 Å². The molecule has 0 aliphatic carbocycles. The number of carbonyl (C=O) groups excluding carboxylic acids is 1.